The van der Waals surface area contributed by atoms with E-state index in [-0.39, 0.29) is 11.8 Å². The van der Waals surface area contributed by atoms with Crippen molar-refractivity contribution in [3.8, 4) is 0 Å². The van der Waals surface area contributed by atoms with Gasteiger partial charge in [0, 0.05) is 25.4 Å². The summed E-state index contributed by atoms with van der Waals surface area (Å²) in [6, 6.07) is 10.4. The molecule has 1 amide bonds. The minimum Gasteiger partial charge on any atom is -0.343 e. The van der Waals surface area contributed by atoms with Crippen molar-refractivity contribution in [3.63, 3.8) is 0 Å². The van der Waals surface area contributed by atoms with Crippen molar-refractivity contribution in [2.75, 3.05) is 26.2 Å². The van der Waals surface area contributed by atoms with E-state index in [0.717, 1.165) is 39.0 Å². The van der Waals surface area contributed by atoms with Crippen LogP contribution in [0.2, 0.25) is 0 Å². The maximum atomic E-state index is 13.0. The van der Waals surface area contributed by atoms with E-state index < -0.39 is 0 Å². The zero-order valence-electron chi connectivity index (χ0n) is 16.2. The molecule has 1 atom stereocenters. The average Bonchev–Trinajstić information content (AvgIpc) is 2.96. The van der Waals surface area contributed by atoms with Crippen LogP contribution in [0, 0.1) is 0 Å². The van der Waals surface area contributed by atoms with Crippen molar-refractivity contribution in [3.05, 3.63) is 71.8 Å². The molecule has 0 radical (unpaired) electrons. The zero-order chi connectivity index (χ0) is 18.6. The summed E-state index contributed by atoms with van der Waals surface area (Å²) in [4.78, 5) is 15.0. The second-order valence-electron chi connectivity index (χ2n) is 6.61. The summed E-state index contributed by atoms with van der Waals surface area (Å²) in [6.45, 7) is 7.71. The number of rotatable bonds is 10. The SMILES string of the molecule is CCNCCCN(CC)C(=O)CC(C1=CC=CC=CC1)c1ccccc1. The number of carbonyl (C=O) groups is 1. The van der Waals surface area contributed by atoms with Gasteiger partial charge in [-0.25, -0.2) is 0 Å². The van der Waals surface area contributed by atoms with Crippen LogP contribution in [0.3, 0.4) is 0 Å². The van der Waals surface area contributed by atoms with Gasteiger partial charge in [-0.1, -0.05) is 73.2 Å². The fourth-order valence-corrected chi connectivity index (χ4v) is 3.34. The summed E-state index contributed by atoms with van der Waals surface area (Å²) in [5.74, 6) is 0.384. The molecule has 2 rings (SSSR count). The number of nitrogens with one attached hydrogen (secondary N) is 1. The van der Waals surface area contributed by atoms with Crippen LogP contribution in [-0.4, -0.2) is 37.0 Å². The number of benzene rings is 1. The molecule has 0 aromatic heterocycles. The highest BCUT2D eigenvalue weighted by atomic mass is 16.2. The van der Waals surface area contributed by atoms with Gasteiger partial charge in [0.1, 0.15) is 0 Å². The molecule has 140 valence electrons. The van der Waals surface area contributed by atoms with Gasteiger partial charge in [-0.2, -0.15) is 0 Å². The van der Waals surface area contributed by atoms with Crippen LogP contribution in [0.25, 0.3) is 0 Å². The molecule has 3 nitrogen and oxygen atoms in total. The Bertz CT molecular complexity index is 631. The van der Waals surface area contributed by atoms with Gasteiger partial charge in [-0.05, 0) is 38.4 Å². The predicted octanol–water partition coefficient (Wildman–Crippen LogP) is 4.45. The molecule has 0 saturated heterocycles. The molecule has 0 heterocycles. The first kappa shape index (κ1) is 20.2. The maximum Gasteiger partial charge on any atom is 0.223 e. The molecule has 1 N–H and O–H groups in total. The Morgan fingerprint density at radius 1 is 1.15 bits per heavy atom. The fourth-order valence-electron chi connectivity index (χ4n) is 3.34. The topological polar surface area (TPSA) is 32.3 Å². The van der Waals surface area contributed by atoms with Crippen molar-refractivity contribution in [2.45, 2.75) is 39.0 Å². The summed E-state index contributed by atoms with van der Waals surface area (Å²) < 4.78 is 0. The Balaban J connectivity index is 2.10. The van der Waals surface area contributed by atoms with E-state index in [1.54, 1.807) is 0 Å². The van der Waals surface area contributed by atoms with E-state index in [9.17, 15) is 4.79 Å². The molecule has 1 aliphatic carbocycles. The van der Waals surface area contributed by atoms with Gasteiger partial charge in [0.25, 0.3) is 0 Å². The third-order valence-electron chi connectivity index (χ3n) is 4.82. The van der Waals surface area contributed by atoms with Crippen LogP contribution < -0.4 is 5.32 Å². The molecule has 0 bridgehead atoms. The highest BCUT2D eigenvalue weighted by molar-refractivity contribution is 5.77. The van der Waals surface area contributed by atoms with Gasteiger partial charge in [-0.3, -0.25) is 4.79 Å². The van der Waals surface area contributed by atoms with Crippen LogP contribution in [0.1, 0.15) is 44.6 Å². The first-order valence-electron chi connectivity index (χ1n) is 9.82. The lowest BCUT2D eigenvalue weighted by Gasteiger charge is -2.26. The maximum absolute atomic E-state index is 13.0. The number of amides is 1. The number of hydrogen-bond donors (Lipinski definition) is 1. The van der Waals surface area contributed by atoms with Crippen LogP contribution in [0.5, 0.6) is 0 Å². The van der Waals surface area contributed by atoms with Crippen LogP contribution in [0.4, 0.5) is 0 Å². The number of nitrogens with zero attached hydrogens (tertiary/aromatic N) is 1. The molecule has 1 aromatic carbocycles. The second kappa shape index (κ2) is 11.5. The summed E-state index contributed by atoms with van der Waals surface area (Å²) in [5, 5.41) is 3.33. The van der Waals surface area contributed by atoms with Crippen LogP contribution in [-0.2, 0) is 4.79 Å². The Kier molecular flexibility index (Phi) is 8.91. The Morgan fingerprint density at radius 2 is 1.96 bits per heavy atom. The van der Waals surface area contributed by atoms with E-state index in [4.69, 9.17) is 0 Å². The van der Waals surface area contributed by atoms with Crippen molar-refractivity contribution in [1.82, 2.24) is 10.2 Å². The van der Waals surface area contributed by atoms with E-state index in [2.05, 4.69) is 73.8 Å². The molecule has 1 aliphatic rings. The Morgan fingerprint density at radius 3 is 2.69 bits per heavy atom. The summed E-state index contributed by atoms with van der Waals surface area (Å²) in [5.41, 5.74) is 2.53. The standard InChI is InChI=1S/C23H32N2O/c1-3-24-17-12-18-25(4-2)23(26)19-22(21-15-10-7-11-16-21)20-13-8-5-6-9-14-20/h5-11,13,15-16,22,24H,3-4,12,14,17-19H2,1-2H3. The molecule has 0 spiro atoms. The van der Waals surface area contributed by atoms with Gasteiger partial charge in [0.15, 0.2) is 0 Å². The molecular weight excluding hydrogens is 320 g/mol. The lowest BCUT2D eigenvalue weighted by molar-refractivity contribution is -0.131. The predicted molar refractivity (Wildman–Crippen MR) is 110 cm³/mol. The Labute approximate surface area is 158 Å². The van der Waals surface area contributed by atoms with Crippen LogP contribution >= 0.6 is 0 Å². The lowest BCUT2D eigenvalue weighted by atomic mass is 9.86. The monoisotopic (exact) mass is 352 g/mol. The van der Waals surface area contributed by atoms with E-state index >= 15 is 0 Å². The minimum atomic E-state index is 0.138. The molecule has 26 heavy (non-hydrogen) atoms. The third kappa shape index (κ3) is 6.30. The van der Waals surface area contributed by atoms with Crippen molar-refractivity contribution < 1.29 is 4.79 Å². The largest absolute Gasteiger partial charge is 0.343 e. The van der Waals surface area contributed by atoms with Crippen molar-refractivity contribution in [1.29, 1.82) is 0 Å². The quantitative estimate of drug-likeness (QED) is 0.631. The van der Waals surface area contributed by atoms with Gasteiger partial charge >= 0.3 is 0 Å². The highest BCUT2D eigenvalue weighted by Crippen LogP contribution is 2.31. The lowest BCUT2D eigenvalue weighted by Crippen LogP contribution is -2.34. The molecule has 1 aromatic rings. The number of hydrogen-bond acceptors (Lipinski definition) is 2. The normalized spacial score (nSPS) is 14.6. The molecular formula is C23H32N2O. The molecule has 0 fully saturated rings. The van der Waals surface area contributed by atoms with Crippen LogP contribution in [0.15, 0.2) is 66.3 Å². The van der Waals surface area contributed by atoms with Gasteiger partial charge in [0.2, 0.25) is 5.91 Å². The number of carbonyl (C=O) groups excluding carboxylic acids is 1. The average molecular weight is 353 g/mol. The first-order chi connectivity index (χ1) is 12.8. The highest BCUT2D eigenvalue weighted by Gasteiger charge is 2.22. The van der Waals surface area contributed by atoms with E-state index in [0.29, 0.717) is 6.42 Å². The fraction of sp³-hybridized carbons (Fsp3) is 0.435. The minimum absolute atomic E-state index is 0.138. The smallest absolute Gasteiger partial charge is 0.223 e. The third-order valence-corrected chi connectivity index (χ3v) is 4.82. The van der Waals surface area contributed by atoms with E-state index in [1.807, 2.05) is 11.0 Å². The zero-order valence-corrected chi connectivity index (χ0v) is 16.2. The Hall–Kier alpha value is -2.13. The molecule has 3 heteroatoms. The van der Waals surface area contributed by atoms with Gasteiger partial charge in [-0.15, -0.1) is 0 Å². The van der Waals surface area contributed by atoms with E-state index in [1.165, 1.54) is 11.1 Å². The summed E-state index contributed by atoms with van der Waals surface area (Å²) in [6.07, 6.45) is 13.0. The second-order valence-corrected chi connectivity index (χ2v) is 6.61. The first-order valence-corrected chi connectivity index (χ1v) is 9.82. The van der Waals surface area contributed by atoms with Gasteiger partial charge in [0.05, 0.1) is 0 Å². The summed E-state index contributed by atoms with van der Waals surface area (Å²) in [7, 11) is 0. The number of allylic oxidation sites excluding steroid dienone is 6. The molecule has 0 aliphatic heterocycles. The summed E-state index contributed by atoms with van der Waals surface area (Å²) >= 11 is 0. The van der Waals surface area contributed by atoms with Gasteiger partial charge < -0.3 is 10.2 Å². The van der Waals surface area contributed by atoms with Crippen molar-refractivity contribution >= 4 is 5.91 Å². The molecule has 1 unspecified atom stereocenters. The van der Waals surface area contributed by atoms with Crippen molar-refractivity contribution in [2.24, 2.45) is 0 Å². The molecule has 0 saturated carbocycles.